The molecule has 0 aliphatic rings. The second-order valence-corrected chi connectivity index (χ2v) is 4.41. The summed E-state index contributed by atoms with van der Waals surface area (Å²) in [5, 5.41) is 10.1. The van der Waals surface area contributed by atoms with Crippen molar-refractivity contribution in [3.63, 3.8) is 0 Å². The fourth-order valence-corrected chi connectivity index (χ4v) is 1.29. The maximum atomic E-state index is 13.7. The van der Waals surface area contributed by atoms with E-state index in [9.17, 15) is 9.50 Å². The zero-order chi connectivity index (χ0) is 11.0. The minimum absolute atomic E-state index is 0.616. The number of rotatable bonds is 2. The van der Waals surface area contributed by atoms with Gasteiger partial charge in [0.15, 0.2) is 0 Å². The molecular weight excluding hydrogens is 179 g/mol. The number of benzene rings is 1. The smallest absolute Gasteiger partial charge is 0.137 e. The van der Waals surface area contributed by atoms with E-state index in [2.05, 4.69) is 0 Å². The highest BCUT2D eigenvalue weighted by atomic mass is 19.1. The molecule has 0 saturated heterocycles. The van der Waals surface area contributed by atoms with Crippen molar-refractivity contribution in [1.29, 1.82) is 0 Å². The first-order chi connectivity index (χ1) is 6.25. The first-order valence-electron chi connectivity index (χ1n) is 4.73. The highest BCUT2D eigenvalue weighted by Gasteiger charge is 2.41. The second kappa shape index (κ2) is 3.35. The molecule has 0 aliphatic heterocycles. The third kappa shape index (κ3) is 1.95. The van der Waals surface area contributed by atoms with Crippen LogP contribution in [0, 0.1) is 6.92 Å². The molecule has 0 aliphatic carbocycles. The normalized spacial score (nSPS) is 16.4. The van der Waals surface area contributed by atoms with Gasteiger partial charge in [-0.05, 0) is 33.3 Å². The summed E-state index contributed by atoms with van der Waals surface area (Å²) in [5.41, 5.74) is -1.46. The van der Waals surface area contributed by atoms with Crippen LogP contribution < -0.4 is 0 Å². The minimum Gasteiger partial charge on any atom is -0.382 e. The van der Waals surface area contributed by atoms with Gasteiger partial charge in [0.2, 0.25) is 0 Å². The zero-order valence-electron chi connectivity index (χ0n) is 9.13. The Bertz CT molecular complexity index is 323. The highest BCUT2D eigenvalue weighted by molar-refractivity contribution is 5.29. The molecule has 0 radical (unpaired) electrons. The first-order valence-corrected chi connectivity index (χ1v) is 4.73. The molecule has 1 aromatic carbocycles. The summed E-state index contributed by atoms with van der Waals surface area (Å²) in [7, 11) is 0. The summed E-state index contributed by atoms with van der Waals surface area (Å²) in [6.45, 7) is 6.19. The van der Waals surface area contributed by atoms with E-state index in [0.29, 0.717) is 5.56 Å². The lowest BCUT2D eigenvalue weighted by atomic mass is 9.82. The van der Waals surface area contributed by atoms with E-state index < -0.39 is 11.3 Å². The Hall–Kier alpha value is -0.890. The van der Waals surface area contributed by atoms with Gasteiger partial charge in [0.1, 0.15) is 11.3 Å². The molecule has 14 heavy (non-hydrogen) atoms. The number of aliphatic hydroxyl groups is 1. The van der Waals surface area contributed by atoms with Crippen molar-refractivity contribution < 1.29 is 9.50 Å². The molecule has 0 spiro atoms. The molecule has 0 saturated carbocycles. The first kappa shape index (κ1) is 11.2. The summed E-state index contributed by atoms with van der Waals surface area (Å²) in [4.78, 5) is 0. The molecule has 1 unspecified atom stereocenters. The topological polar surface area (TPSA) is 20.2 Å². The molecule has 0 bridgehead atoms. The molecule has 78 valence electrons. The van der Waals surface area contributed by atoms with Crippen LogP contribution in [0.15, 0.2) is 24.3 Å². The van der Waals surface area contributed by atoms with Gasteiger partial charge in [0, 0.05) is 0 Å². The number of halogens is 1. The van der Waals surface area contributed by atoms with E-state index >= 15 is 0 Å². The fraction of sp³-hybridized carbons (Fsp3) is 0.500. The molecule has 1 aromatic rings. The van der Waals surface area contributed by atoms with Crippen molar-refractivity contribution in [3.05, 3.63) is 35.4 Å². The van der Waals surface area contributed by atoms with Crippen LogP contribution in [-0.4, -0.2) is 10.8 Å². The fourth-order valence-electron chi connectivity index (χ4n) is 1.29. The third-order valence-electron chi connectivity index (χ3n) is 2.74. The Morgan fingerprint density at radius 2 is 1.79 bits per heavy atom. The third-order valence-corrected chi connectivity index (χ3v) is 2.74. The molecule has 2 heteroatoms. The summed E-state index contributed by atoms with van der Waals surface area (Å²) in [6, 6.07) is 7.30. The van der Waals surface area contributed by atoms with Crippen molar-refractivity contribution in [3.8, 4) is 0 Å². The number of alkyl halides is 1. The van der Waals surface area contributed by atoms with Crippen molar-refractivity contribution in [2.45, 2.75) is 39.0 Å². The second-order valence-electron chi connectivity index (χ2n) is 4.41. The number of aryl methyl sites for hydroxylation is 1. The SMILES string of the molecule is Cc1cccc(C(C)(O)C(C)(C)F)c1. The van der Waals surface area contributed by atoms with E-state index in [0.717, 1.165) is 5.56 Å². The van der Waals surface area contributed by atoms with Crippen molar-refractivity contribution in [1.82, 2.24) is 0 Å². The molecule has 0 fully saturated rings. The van der Waals surface area contributed by atoms with E-state index in [-0.39, 0.29) is 0 Å². The maximum absolute atomic E-state index is 13.7. The van der Waals surface area contributed by atoms with Crippen molar-refractivity contribution in [2.75, 3.05) is 0 Å². The Morgan fingerprint density at radius 1 is 1.21 bits per heavy atom. The monoisotopic (exact) mass is 196 g/mol. The molecule has 0 amide bonds. The summed E-state index contributed by atoms with van der Waals surface area (Å²) in [5.74, 6) is 0. The standard InChI is InChI=1S/C12H17FO/c1-9-6-5-7-10(8-9)12(4,14)11(2,3)13/h5-8,14H,1-4H3. The van der Waals surface area contributed by atoms with Gasteiger partial charge in [0.25, 0.3) is 0 Å². The predicted molar refractivity (Wildman–Crippen MR) is 55.9 cm³/mol. The van der Waals surface area contributed by atoms with Crippen molar-refractivity contribution in [2.24, 2.45) is 0 Å². The largest absolute Gasteiger partial charge is 0.382 e. The van der Waals surface area contributed by atoms with Gasteiger partial charge in [-0.25, -0.2) is 4.39 Å². The Morgan fingerprint density at radius 3 is 2.21 bits per heavy atom. The van der Waals surface area contributed by atoms with Crippen molar-refractivity contribution >= 4 is 0 Å². The van der Waals surface area contributed by atoms with Gasteiger partial charge in [-0.3, -0.25) is 0 Å². The van der Waals surface area contributed by atoms with Crippen LogP contribution in [0.1, 0.15) is 31.9 Å². The Labute approximate surface area is 84.6 Å². The van der Waals surface area contributed by atoms with Gasteiger partial charge in [-0.15, -0.1) is 0 Å². The highest BCUT2D eigenvalue weighted by Crippen LogP contribution is 2.35. The summed E-state index contributed by atoms with van der Waals surface area (Å²) < 4.78 is 13.7. The van der Waals surface area contributed by atoms with Gasteiger partial charge in [-0.2, -0.15) is 0 Å². The van der Waals surface area contributed by atoms with Crippen LogP contribution in [0.25, 0.3) is 0 Å². The Balaban J connectivity index is 3.16. The number of hydrogen-bond donors (Lipinski definition) is 1. The summed E-state index contributed by atoms with van der Waals surface area (Å²) in [6.07, 6.45) is 0. The molecule has 0 heterocycles. The van der Waals surface area contributed by atoms with Crippen LogP contribution in [-0.2, 0) is 5.60 Å². The average Bonchev–Trinajstić information content (AvgIpc) is 2.02. The predicted octanol–water partition coefficient (Wildman–Crippen LogP) is 2.95. The zero-order valence-corrected chi connectivity index (χ0v) is 9.13. The van der Waals surface area contributed by atoms with Gasteiger partial charge < -0.3 is 5.11 Å². The Kier molecular flexibility index (Phi) is 2.68. The number of hydrogen-bond acceptors (Lipinski definition) is 1. The summed E-state index contributed by atoms with van der Waals surface area (Å²) >= 11 is 0. The van der Waals surface area contributed by atoms with Gasteiger partial charge in [-0.1, -0.05) is 29.8 Å². The van der Waals surface area contributed by atoms with E-state index in [1.54, 1.807) is 12.1 Å². The van der Waals surface area contributed by atoms with E-state index in [1.807, 2.05) is 19.1 Å². The molecular formula is C12H17FO. The molecule has 1 nitrogen and oxygen atoms in total. The molecule has 0 aromatic heterocycles. The molecule has 1 rings (SSSR count). The molecule has 1 atom stereocenters. The minimum atomic E-state index is -1.65. The van der Waals surface area contributed by atoms with Gasteiger partial charge >= 0.3 is 0 Å². The quantitative estimate of drug-likeness (QED) is 0.771. The lowest BCUT2D eigenvalue weighted by molar-refractivity contribution is -0.0764. The van der Waals surface area contributed by atoms with Crippen LogP contribution >= 0.6 is 0 Å². The van der Waals surface area contributed by atoms with Crippen LogP contribution in [0.5, 0.6) is 0 Å². The van der Waals surface area contributed by atoms with Crippen LogP contribution in [0.4, 0.5) is 4.39 Å². The van der Waals surface area contributed by atoms with Crippen LogP contribution in [0.3, 0.4) is 0 Å². The van der Waals surface area contributed by atoms with E-state index in [4.69, 9.17) is 0 Å². The molecule has 1 N–H and O–H groups in total. The van der Waals surface area contributed by atoms with Gasteiger partial charge in [0.05, 0.1) is 0 Å². The maximum Gasteiger partial charge on any atom is 0.137 e. The van der Waals surface area contributed by atoms with Crippen LogP contribution in [0.2, 0.25) is 0 Å². The lowest BCUT2D eigenvalue weighted by Gasteiger charge is -2.34. The average molecular weight is 196 g/mol. The van der Waals surface area contributed by atoms with E-state index in [1.165, 1.54) is 20.8 Å². The lowest BCUT2D eigenvalue weighted by Crippen LogP contribution is -2.41.